The van der Waals surface area contributed by atoms with Gasteiger partial charge in [0.15, 0.2) is 5.84 Å². The Morgan fingerprint density at radius 3 is 2.50 bits per heavy atom. The van der Waals surface area contributed by atoms with Crippen LogP contribution in [0.25, 0.3) is 16.9 Å². The summed E-state index contributed by atoms with van der Waals surface area (Å²) in [6.07, 6.45) is 6.14. The Kier molecular flexibility index (Phi) is 9.54. The van der Waals surface area contributed by atoms with Gasteiger partial charge in [-0.05, 0) is 63.1 Å². The first-order valence-corrected chi connectivity index (χ1v) is 16.8. The van der Waals surface area contributed by atoms with E-state index in [4.69, 9.17) is 9.57 Å². The Labute approximate surface area is 279 Å². The third-order valence-electron chi connectivity index (χ3n) is 9.20. The minimum Gasteiger partial charge on any atom is -0.388 e. The summed E-state index contributed by atoms with van der Waals surface area (Å²) in [4.78, 5) is 28.6. The van der Waals surface area contributed by atoms with Crippen molar-refractivity contribution in [1.29, 1.82) is 0 Å². The number of aromatic nitrogens is 4. The quantitative estimate of drug-likeness (QED) is 0.202. The Morgan fingerprint density at radius 1 is 1.12 bits per heavy atom. The molecule has 4 aromatic rings. The number of amidine groups is 1. The summed E-state index contributed by atoms with van der Waals surface area (Å²) in [7, 11) is 0. The highest BCUT2D eigenvalue weighted by Gasteiger charge is 2.39. The van der Waals surface area contributed by atoms with E-state index >= 15 is 4.39 Å². The van der Waals surface area contributed by atoms with Crippen LogP contribution in [0.4, 0.5) is 4.39 Å². The molecule has 1 aliphatic heterocycles. The number of aliphatic hydroxyl groups is 2. The SMILES string of the molecule is CCCc1c(Cc2ccc(-c3ccccc3C3=NC(O)(C(C)C)ON3)c(F)c2)c(=O)n(C2CCC(OCC(C)(C)O)CC2)c2ncnn12. The molecule has 0 spiro atoms. The van der Waals surface area contributed by atoms with Gasteiger partial charge in [0.2, 0.25) is 5.78 Å². The van der Waals surface area contributed by atoms with Gasteiger partial charge >= 0.3 is 0 Å². The van der Waals surface area contributed by atoms with Gasteiger partial charge in [-0.2, -0.15) is 10.1 Å². The molecule has 0 amide bonds. The molecule has 2 aliphatic rings. The van der Waals surface area contributed by atoms with E-state index in [0.717, 1.165) is 37.8 Å². The van der Waals surface area contributed by atoms with Crippen molar-refractivity contribution in [2.24, 2.45) is 10.9 Å². The normalized spacial score (nSPS) is 21.6. The number of aryl methyl sites for hydroxylation is 1. The lowest BCUT2D eigenvalue weighted by molar-refractivity contribution is -0.230. The Hall–Kier alpha value is -3.97. The molecule has 2 aromatic carbocycles. The summed E-state index contributed by atoms with van der Waals surface area (Å²) >= 11 is 0. The standard InChI is InChI=1S/C36H45FN6O5/c1-6-9-31-29(33(44)42(34-38-21-39-43(31)34)24-13-15-25(16-14-24)47-20-35(4,5)45)18-23-12-17-27(30(37)19-23)26-10-7-8-11-28(26)32-40-36(46,22(2)3)48-41-32/h7-8,10-12,17,19,21-22,24-25,45-46H,6,9,13-16,18,20H2,1-5H3,(H,40,41). The fourth-order valence-electron chi connectivity index (χ4n) is 6.58. The molecule has 2 aromatic heterocycles. The van der Waals surface area contributed by atoms with Crippen molar-refractivity contribution in [1.82, 2.24) is 24.6 Å². The second-order valence-corrected chi connectivity index (χ2v) is 13.9. The van der Waals surface area contributed by atoms with Gasteiger partial charge in [-0.15, -0.1) is 0 Å². The van der Waals surface area contributed by atoms with Crippen molar-refractivity contribution in [2.75, 3.05) is 6.61 Å². The monoisotopic (exact) mass is 660 g/mol. The molecule has 48 heavy (non-hydrogen) atoms. The zero-order valence-corrected chi connectivity index (χ0v) is 28.2. The predicted octanol–water partition coefficient (Wildman–Crippen LogP) is 5.10. The van der Waals surface area contributed by atoms with Crippen LogP contribution in [0.15, 0.2) is 58.6 Å². The number of aliphatic imine (C=N–C) groups is 1. The molecule has 6 rings (SSSR count). The van der Waals surface area contributed by atoms with Crippen LogP contribution >= 0.6 is 0 Å². The lowest BCUT2D eigenvalue weighted by atomic mass is 9.92. The Morgan fingerprint density at radius 2 is 1.85 bits per heavy atom. The minimum absolute atomic E-state index is 0.0214. The first kappa shape index (κ1) is 33.9. The van der Waals surface area contributed by atoms with Crippen molar-refractivity contribution in [2.45, 2.75) is 103 Å². The smallest absolute Gasteiger partial charge is 0.293 e. The highest BCUT2D eigenvalue weighted by atomic mass is 19.1. The van der Waals surface area contributed by atoms with E-state index in [1.807, 2.05) is 18.2 Å². The van der Waals surface area contributed by atoms with E-state index in [-0.39, 0.29) is 36.7 Å². The summed E-state index contributed by atoms with van der Waals surface area (Å²) in [6, 6.07) is 12.2. The maximum atomic E-state index is 16.0. The summed E-state index contributed by atoms with van der Waals surface area (Å²) in [5.41, 5.74) is 5.25. The number of hydrogen-bond donors (Lipinski definition) is 3. The first-order chi connectivity index (χ1) is 22.9. The van der Waals surface area contributed by atoms with Crippen LogP contribution in [0.3, 0.4) is 0 Å². The van der Waals surface area contributed by atoms with Gasteiger partial charge in [-0.1, -0.05) is 63.6 Å². The average molecular weight is 661 g/mol. The predicted molar refractivity (Wildman–Crippen MR) is 180 cm³/mol. The van der Waals surface area contributed by atoms with Crippen molar-refractivity contribution in [3.05, 3.63) is 87.3 Å². The number of benzene rings is 2. The molecular weight excluding hydrogens is 615 g/mol. The van der Waals surface area contributed by atoms with Gasteiger partial charge in [-0.3, -0.25) is 9.36 Å². The lowest BCUT2D eigenvalue weighted by Crippen LogP contribution is -2.36. The van der Waals surface area contributed by atoms with E-state index in [1.54, 1.807) is 55.0 Å². The zero-order valence-electron chi connectivity index (χ0n) is 28.2. The average Bonchev–Trinajstić information content (AvgIpc) is 3.70. The molecule has 0 bridgehead atoms. The molecule has 3 heterocycles. The van der Waals surface area contributed by atoms with Crippen molar-refractivity contribution in [3.63, 3.8) is 0 Å². The maximum Gasteiger partial charge on any atom is 0.293 e. The van der Waals surface area contributed by atoms with E-state index < -0.39 is 17.3 Å². The Balaban J connectivity index is 1.32. The number of halogens is 1. The molecule has 0 radical (unpaired) electrons. The maximum absolute atomic E-state index is 16.0. The van der Waals surface area contributed by atoms with Gasteiger partial charge in [-0.25, -0.2) is 24.2 Å². The van der Waals surface area contributed by atoms with Crippen LogP contribution < -0.4 is 11.0 Å². The van der Waals surface area contributed by atoms with Crippen molar-refractivity contribution >= 4 is 11.6 Å². The van der Waals surface area contributed by atoms with Crippen LogP contribution in [0.1, 0.15) is 95.1 Å². The van der Waals surface area contributed by atoms with E-state index in [0.29, 0.717) is 45.9 Å². The molecule has 11 nitrogen and oxygen atoms in total. The van der Waals surface area contributed by atoms with Gasteiger partial charge in [0.25, 0.3) is 11.5 Å². The van der Waals surface area contributed by atoms with Crippen LogP contribution in [0.5, 0.6) is 0 Å². The number of nitrogens with one attached hydrogen (secondary N) is 1. The van der Waals surface area contributed by atoms with Gasteiger partial charge in [0.1, 0.15) is 12.1 Å². The molecule has 3 N–H and O–H groups in total. The van der Waals surface area contributed by atoms with Crippen molar-refractivity contribution in [3.8, 4) is 11.1 Å². The number of hydrogen-bond acceptors (Lipinski definition) is 9. The Bertz CT molecular complexity index is 1870. The molecule has 12 heteroatoms. The van der Waals surface area contributed by atoms with Crippen LogP contribution in [-0.4, -0.2) is 59.4 Å². The summed E-state index contributed by atoms with van der Waals surface area (Å²) < 4.78 is 25.5. The lowest BCUT2D eigenvalue weighted by Gasteiger charge is -2.32. The molecule has 1 saturated carbocycles. The minimum atomic E-state index is -1.72. The topological polar surface area (TPSA) is 136 Å². The highest BCUT2D eigenvalue weighted by molar-refractivity contribution is 6.04. The third-order valence-corrected chi connectivity index (χ3v) is 9.20. The zero-order chi connectivity index (χ0) is 34.2. The van der Waals surface area contributed by atoms with E-state index in [1.165, 1.54) is 12.4 Å². The van der Waals surface area contributed by atoms with Crippen LogP contribution in [0, 0.1) is 11.7 Å². The number of rotatable bonds is 11. The molecular formula is C36H45FN6O5. The number of nitrogens with zero attached hydrogens (tertiary/aromatic N) is 5. The van der Waals surface area contributed by atoms with Gasteiger partial charge in [0.05, 0.1) is 24.0 Å². The van der Waals surface area contributed by atoms with E-state index in [9.17, 15) is 15.0 Å². The summed E-state index contributed by atoms with van der Waals surface area (Å²) in [6.45, 7) is 9.35. The molecule has 1 aliphatic carbocycles. The summed E-state index contributed by atoms with van der Waals surface area (Å²) in [5, 5.41) is 25.3. The number of ether oxygens (including phenoxy) is 1. The highest BCUT2D eigenvalue weighted by Crippen LogP contribution is 2.33. The fourth-order valence-corrected chi connectivity index (χ4v) is 6.58. The second-order valence-electron chi connectivity index (χ2n) is 13.9. The molecule has 1 fully saturated rings. The van der Waals surface area contributed by atoms with Crippen LogP contribution in [-0.2, 0) is 22.4 Å². The summed E-state index contributed by atoms with van der Waals surface area (Å²) in [5.74, 6) is -1.64. The molecule has 256 valence electrons. The molecule has 0 saturated heterocycles. The van der Waals surface area contributed by atoms with E-state index in [2.05, 4.69) is 27.5 Å². The largest absolute Gasteiger partial charge is 0.388 e. The van der Waals surface area contributed by atoms with Gasteiger partial charge < -0.3 is 14.9 Å². The van der Waals surface area contributed by atoms with Crippen molar-refractivity contribution < 1.29 is 24.2 Å². The molecule has 1 atom stereocenters. The fraction of sp³-hybridized carbons (Fsp3) is 0.500. The number of fused-ring (bicyclic) bond motifs is 1. The molecule has 1 unspecified atom stereocenters. The second kappa shape index (κ2) is 13.5. The third kappa shape index (κ3) is 6.80. The first-order valence-electron chi connectivity index (χ1n) is 16.8. The van der Waals surface area contributed by atoms with Crippen LogP contribution in [0.2, 0.25) is 0 Å². The van der Waals surface area contributed by atoms with Gasteiger partial charge in [0, 0.05) is 35.1 Å². The number of hydroxylamine groups is 1.